The highest BCUT2D eigenvalue weighted by molar-refractivity contribution is 7.53. The predicted molar refractivity (Wildman–Crippen MR) is 78.0 cm³/mol. The van der Waals surface area contributed by atoms with Gasteiger partial charge in [0.05, 0.1) is 0 Å². The largest absolute Gasteiger partial charge is 0.715 e. The van der Waals surface area contributed by atoms with Crippen molar-refractivity contribution in [1.29, 1.82) is 0 Å². The van der Waals surface area contributed by atoms with E-state index in [-0.39, 0.29) is 23.7 Å². The average molecular weight is 345 g/mol. The third-order valence-corrected chi connectivity index (χ3v) is 5.50. The van der Waals surface area contributed by atoms with Crippen LogP contribution < -0.4 is 9.79 Å². The molecule has 0 N–H and O–H groups in total. The van der Waals surface area contributed by atoms with Gasteiger partial charge in [0.25, 0.3) is 11.0 Å². The molecule has 0 aromatic heterocycles. The van der Waals surface area contributed by atoms with Crippen molar-refractivity contribution < 1.29 is 32.9 Å². The van der Waals surface area contributed by atoms with Gasteiger partial charge >= 0.3 is 8.25 Å². The van der Waals surface area contributed by atoms with Crippen molar-refractivity contribution in [2.75, 3.05) is 25.9 Å². The van der Waals surface area contributed by atoms with Gasteiger partial charge in [-0.25, -0.2) is 0 Å². The van der Waals surface area contributed by atoms with Crippen molar-refractivity contribution >= 4 is 34.8 Å². The summed E-state index contributed by atoms with van der Waals surface area (Å²) in [5, 5.41) is 0. The fourth-order valence-electron chi connectivity index (χ4n) is 0.856. The third-order valence-electron chi connectivity index (χ3n) is 1.94. The molecule has 2 unspecified atom stereocenters. The number of rotatable bonds is 10. The van der Waals surface area contributed by atoms with E-state index < -0.39 is 23.8 Å². The highest BCUT2D eigenvalue weighted by Gasteiger charge is 2.30. The molecule has 0 fully saturated rings. The zero-order valence-corrected chi connectivity index (χ0v) is 14.7. The SMILES string of the molecule is CCOC[P+]([O-])=C(C)O[P+](=O)OC(C)=[P+]([O-])COCC. The van der Waals surface area contributed by atoms with E-state index in [1.807, 2.05) is 0 Å². The van der Waals surface area contributed by atoms with Crippen LogP contribution in [0.25, 0.3) is 0 Å². The lowest BCUT2D eigenvalue weighted by Crippen LogP contribution is -2.07. The molecule has 116 valence electrons. The fraction of sp³-hybridized carbons (Fsp3) is 0.800. The summed E-state index contributed by atoms with van der Waals surface area (Å²) < 4.78 is 31.3. The van der Waals surface area contributed by atoms with E-state index in [0.29, 0.717) is 13.2 Å². The lowest BCUT2D eigenvalue weighted by Gasteiger charge is -2.00. The molecule has 0 saturated heterocycles. The van der Waals surface area contributed by atoms with Gasteiger partial charge in [0.15, 0.2) is 0 Å². The molecule has 10 heteroatoms. The standard InChI is InChI=1S/C10H20O7P3/c1-5-14-7-18(11)9(3)16-20(13)17-10(4)19(12)8-15-6-2/h5-8H2,1-4H3/q+1. The molecule has 2 atom stereocenters. The Hall–Kier alpha value is 0.200. The minimum atomic E-state index is -2.56. The van der Waals surface area contributed by atoms with Crippen molar-refractivity contribution in [1.82, 2.24) is 0 Å². The van der Waals surface area contributed by atoms with Gasteiger partial charge in [-0.2, -0.15) is 0 Å². The Balaban J connectivity index is 4.41. The molecule has 0 spiro atoms. The van der Waals surface area contributed by atoms with Gasteiger partial charge in [0.1, 0.15) is 15.5 Å². The quantitative estimate of drug-likeness (QED) is 0.553. The van der Waals surface area contributed by atoms with Crippen LogP contribution in [0.5, 0.6) is 0 Å². The van der Waals surface area contributed by atoms with Crippen LogP contribution in [-0.4, -0.2) is 36.9 Å². The van der Waals surface area contributed by atoms with Gasteiger partial charge in [-0.1, -0.05) is 0 Å². The topological polar surface area (TPSA) is 100 Å². The Morgan fingerprint density at radius 3 is 1.55 bits per heavy atom. The number of hydrogen-bond acceptors (Lipinski definition) is 7. The Labute approximate surface area is 122 Å². The second-order valence-electron chi connectivity index (χ2n) is 3.45. The first-order chi connectivity index (χ1) is 9.42. The summed E-state index contributed by atoms with van der Waals surface area (Å²) in [5.74, 6) is 0. The minimum Gasteiger partial charge on any atom is -0.627 e. The summed E-state index contributed by atoms with van der Waals surface area (Å²) in [7, 11) is -6.31. The predicted octanol–water partition coefficient (Wildman–Crippen LogP) is 1.48. The molecule has 20 heavy (non-hydrogen) atoms. The van der Waals surface area contributed by atoms with Crippen molar-refractivity contribution in [2.24, 2.45) is 0 Å². The molecular weight excluding hydrogens is 325 g/mol. The Bertz CT molecular complexity index is 347. The molecule has 0 radical (unpaired) electrons. The van der Waals surface area contributed by atoms with Crippen LogP contribution in [0.15, 0.2) is 0 Å². The van der Waals surface area contributed by atoms with Gasteiger partial charge in [0, 0.05) is 31.6 Å². The van der Waals surface area contributed by atoms with Gasteiger partial charge in [0.2, 0.25) is 12.7 Å². The molecule has 0 amide bonds. The smallest absolute Gasteiger partial charge is 0.627 e. The van der Waals surface area contributed by atoms with E-state index >= 15 is 0 Å². The van der Waals surface area contributed by atoms with Crippen LogP contribution >= 0.6 is 23.8 Å². The average Bonchev–Trinajstić information content (AvgIpc) is 2.41. The maximum Gasteiger partial charge on any atom is 0.715 e. The third kappa shape index (κ3) is 9.19. The van der Waals surface area contributed by atoms with E-state index in [4.69, 9.17) is 18.5 Å². The Morgan fingerprint density at radius 2 is 1.25 bits per heavy atom. The number of ether oxygens (including phenoxy) is 2. The monoisotopic (exact) mass is 345 g/mol. The molecule has 0 aliphatic heterocycles. The molecule has 7 nitrogen and oxygen atoms in total. The molecule has 0 rings (SSSR count). The van der Waals surface area contributed by atoms with Crippen LogP contribution in [0.4, 0.5) is 0 Å². The highest BCUT2D eigenvalue weighted by Crippen LogP contribution is 2.31. The fourth-order valence-corrected chi connectivity index (χ4v) is 3.51. The summed E-state index contributed by atoms with van der Waals surface area (Å²) in [5.41, 5.74) is 0.143. The summed E-state index contributed by atoms with van der Waals surface area (Å²) in [6.45, 7) is 7.28. The van der Waals surface area contributed by atoms with Gasteiger partial charge in [-0.05, 0) is 22.9 Å². The second-order valence-corrected chi connectivity index (χ2v) is 7.55. The van der Waals surface area contributed by atoms with Crippen LogP contribution in [0, 0.1) is 0 Å². The van der Waals surface area contributed by atoms with Crippen molar-refractivity contribution in [3.05, 3.63) is 0 Å². The van der Waals surface area contributed by atoms with Crippen LogP contribution in [0.2, 0.25) is 0 Å². The maximum atomic E-state index is 11.6. The van der Waals surface area contributed by atoms with Crippen molar-refractivity contribution in [2.45, 2.75) is 27.7 Å². The summed E-state index contributed by atoms with van der Waals surface area (Å²) in [6, 6.07) is 0. The van der Waals surface area contributed by atoms with Crippen molar-refractivity contribution in [3.63, 3.8) is 0 Å². The van der Waals surface area contributed by atoms with Crippen LogP contribution in [0.1, 0.15) is 27.7 Å². The van der Waals surface area contributed by atoms with Gasteiger partial charge in [-0.15, -0.1) is 0 Å². The molecule has 0 heterocycles. The molecule has 0 aromatic rings. The first-order valence-corrected chi connectivity index (χ1v) is 9.95. The van der Waals surface area contributed by atoms with Gasteiger partial charge in [-0.3, -0.25) is 0 Å². The molecule has 0 aromatic carbocycles. The molecule has 0 aliphatic rings. The van der Waals surface area contributed by atoms with E-state index in [1.54, 1.807) is 13.8 Å². The lowest BCUT2D eigenvalue weighted by molar-refractivity contribution is -0.158. The summed E-state index contributed by atoms with van der Waals surface area (Å²) in [6.07, 6.45) is 0.00425. The highest BCUT2D eigenvalue weighted by atomic mass is 31.1. The maximum absolute atomic E-state index is 11.6. The van der Waals surface area contributed by atoms with Gasteiger partial charge < -0.3 is 19.3 Å². The Morgan fingerprint density at radius 1 is 0.900 bits per heavy atom. The van der Waals surface area contributed by atoms with E-state index in [2.05, 4.69) is 0 Å². The normalized spacial score (nSPS) is 14.8. The molecular formula is C10H20O7P3+. The molecule has 0 bridgehead atoms. The van der Waals surface area contributed by atoms with E-state index in [9.17, 15) is 14.4 Å². The van der Waals surface area contributed by atoms with E-state index in [1.165, 1.54) is 13.8 Å². The first kappa shape index (κ1) is 20.2. The van der Waals surface area contributed by atoms with Crippen molar-refractivity contribution in [3.8, 4) is 0 Å². The number of hydrogen-bond donors (Lipinski definition) is 0. The first-order valence-electron chi connectivity index (χ1n) is 5.97. The second kappa shape index (κ2) is 11.8. The summed E-state index contributed by atoms with van der Waals surface area (Å²) in [4.78, 5) is 23.2. The van der Waals surface area contributed by atoms with E-state index in [0.717, 1.165) is 0 Å². The zero-order valence-electron chi connectivity index (χ0n) is 12.0. The molecule has 0 aliphatic carbocycles. The summed E-state index contributed by atoms with van der Waals surface area (Å²) >= 11 is 0. The van der Waals surface area contributed by atoms with Crippen LogP contribution in [-0.2, 0) is 23.1 Å². The Kier molecular flexibility index (Phi) is 11.9. The minimum absolute atomic E-state index is 0.00212. The lowest BCUT2D eigenvalue weighted by atomic mass is 10.9. The zero-order chi connectivity index (χ0) is 15.5. The van der Waals surface area contributed by atoms with Crippen LogP contribution in [0.3, 0.4) is 0 Å². The molecule has 0 saturated carbocycles.